The summed E-state index contributed by atoms with van der Waals surface area (Å²) in [5.41, 5.74) is 0. The van der Waals surface area contributed by atoms with Crippen LogP contribution < -0.4 is 5.32 Å². The van der Waals surface area contributed by atoms with E-state index in [0.29, 0.717) is 6.54 Å². The summed E-state index contributed by atoms with van der Waals surface area (Å²) in [6, 6.07) is 0.207. The summed E-state index contributed by atoms with van der Waals surface area (Å²) < 4.78 is 30.1. The van der Waals surface area contributed by atoms with E-state index in [2.05, 4.69) is 5.32 Å². The Hall–Kier alpha value is -0.210. The van der Waals surface area contributed by atoms with Crippen molar-refractivity contribution in [2.75, 3.05) is 45.7 Å². The molecule has 1 heterocycles. The van der Waals surface area contributed by atoms with Crippen molar-refractivity contribution in [3.63, 3.8) is 0 Å². The number of rotatable bonds is 8. The predicted molar refractivity (Wildman–Crippen MR) is 65.3 cm³/mol. The Morgan fingerprint density at radius 2 is 2.29 bits per heavy atom. The molecule has 1 unspecified atom stereocenters. The lowest BCUT2D eigenvalue weighted by Crippen LogP contribution is -2.43. The Labute approximate surface area is 103 Å². The molecule has 0 aromatic carbocycles. The van der Waals surface area contributed by atoms with E-state index < -0.39 is 10.0 Å². The summed E-state index contributed by atoms with van der Waals surface area (Å²) in [6.45, 7) is 1.56. The lowest BCUT2D eigenvalue weighted by atomic mass is 10.2. The molecule has 6 nitrogen and oxygen atoms in total. The van der Waals surface area contributed by atoms with E-state index in [4.69, 9.17) is 9.84 Å². The number of nitrogens with zero attached hydrogens (tertiary/aromatic N) is 1. The van der Waals surface area contributed by atoms with Gasteiger partial charge in [0.05, 0.1) is 19.0 Å². The highest BCUT2D eigenvalue weighted by Gasteiger charge is 2.25. The number of nitrogens with one attached hydrogen (secondary N) is 1. The molecule has 1 atom stereocenters. The molecule has 1 aliphatic rings. The van der Waals surface area contributed by atoms with Gasteiger partial charge >= 0.3 is 0 Å². The third-order valence-electron chi connectivity index (χ3n) is 2.87. The molecule has 0 spiro atoms. The maximum Gasteiger partial charge on any atom is 0.216 e. The van der Waals surface area contributed by atoms with Gasteiger partial charge in [-0.25, -0.2) is 8.42 Å². The van der Waals surface area contributed by atoms with Gasteiger partial charge in [0.1, 0.15) is 0 Å². The monoisotopic (exact) mass is 266 g/mol. The molecule has 2 N–H and O–H groups in total. The fourth-order valence-corrected chi connectivity index (χ4v) is 3.33. The van der Waals surface area contributed by atoms with Crippen molar-refractivity contribution in [1.29, 1.82) is 0 Å². The number of sulfonamides is 1. The summed E-state index contributed by atoms with van der Waals surface area (Å²) in [7, 11) is -1.85. The van der Waals surface area contributed by atoms with Gasteiger partial charge in [0.25, 0.3) is 0 Å². The van der Waals surface area contributed by atoms with Crippen molar-refractivity contribution in [1.82, 2.24) is 9.62 Å². The van der Waals surface area contributed by atoms with Gasteiger partial charge in [0, 0.05) is 26.2 Å². The van der Waals surface area contributed by atoms with Crippen LogP contribution in [0, 0.1) is 0 Å². The SMILES string of the molecule is COCCS(=O)(=O)N(CCO)CC1CCCN1. The smallest absolute Gasteiger partial charge is 0.216 e. The summed E-state index contributed by atoms with van der Waals surface area (Å²) >= 11 is 0. The maximum atomic E-state index is 12.0. The highest BCUT2D eigenvalue weighted by Crippen LogP contribution is 2.10. The highest BCUT2D eigenvalue weighted by atomic mass is 32.2. The van der Waals surface area contributed by atoms with Crippen LogP contribution >= 0.6 is 0 Å². The Kier molecular flexibility index (Phi) is 6.35. The van der Waals surface area contributed by atoms with Crippen LogP contribution in [-0.4, -0.2) is 69.6 Å². The minimum Gasteiger partial charge on any atom is -0.395 e. The van der Waals surface area contributed by atoms with Crippen molar-refractivity contribution in [2.45, 2.75) is 18.9 Å². The van der Waals surface area contributed by atoms with E-state index in [-0.39, 0.29) is 31.6 Å². The third kappa shape index (κ3) is 4.89. The Morgan fingerprint density at radius 1 is 1.53 bits per heavy atom. The molecule has 102 valence electrons. The van der Waals surface area contributed by atoms with Crippen molar-refractivity contribution >= 4 is 10.0 Å². The Bertz CT molecular complexity index is 301. The molecule has 0 aromatic heterocycles. The van der Waals surface area contributed by atoms with Crippen molar-refractivity contribution in [3.05, 3.63) is 0 Å². The van der Waals surface area contributed by atoms with Crippen LogP contribution in [-0.2, 0) is 14.8 Å². The number of aliphatic hydroxyl groups is 1. The van der Waals surface area contributed by atoms with Crippen molar-refractivity contribution in [2.24, 2.45) is 0 Å². The number of aliphatic hydroxyl groups excluding tert-OH is 1. The molecule has 0 aliphatic carbocycles. The van der Waals surface area contributed by atoms with E-state index >= 15 is 0 Å². The van der Waals surface area contributed by atoms with Gasteiger partial charge in [-0.1, -0.05) is 0 Å². The average Bonchev–Trinajstić information content (AvgIpc) is 2.79. The van der Waals surface area contributed by atoms with Gasteiger partial charge in [0.15, 0.2) is 0 Å². The molecule has 0 saturated carbocycles. The minimum atomic E-state index is -3.33. The van der Waals surface area contributed by atoms with Crippen molar-refractivity contribution < 1.29 is 18.3 Å². The van der Waals surface area contributed by atoms with Crippen molar-refractivity contribution in [3.8, 4) is 0 Å². The summed E-state index contributed by atoms with van der Waals surface area (Å²) in [5, 5.41) is 12.2. The number of hydrogen-bond donors (Lipinski definition) is 2. The van der Waals surface area contributed by atoms with Gasteiger partial charge in [0.2, 0.25) is 10.0 Å². The molecule has 7 heteroatoms. The molecule has 1 rings (SSSR count). The Balaban J connectivity index is 2.56. The molecule has 0 bridgehead atoms. The standard InChI is InChI=1S/C10H22N2O4S/c1-16-7-8-17(14,15)12(5-6-13)9-10-3-2-4-11-10/h10-11,13H,2-9H2,1H3. The average molecular weight is 266 g/mol. The van der Waals surface area contributed by atoms with E-state index in [1.807, 2.05) is 0 Å². The number of methoxy groups -OCH3 is 1. The van der Waals surface area contributed by atoms with Crippen LogP contribution in [0.4, 0.5) is 0 Å². The Morgan fingerprint density at radius 3 is 2.82 bits per heavy atom. The second kappa shape index (κ2) is 7.27. The second-order valence-corrected chi connectivity index (χ2v) is 6.27. The third-order valence-corrected chi connectivity index (χ3v) is 4.68. The second-order valence-electron chi connectivity index (χ2n) is 4.18. The lowest BCUT2D eigenvalue weighted by molar-refractivity contribution is 0.212. The summed E-state index contributed by atoms with van der Waals surface area (Å²) in [5.74, 6) is -0.0315. The molecule has 1 aliphatic heterocycles. The van der Waals surface area contributed by atoms with Crippen LogP contribution in [0.2, 0.25) is 0 Å². The van der Waals surface area contributed by atoms with Gasteiger partial charge < -0.3 is 15.2 Å². The minimum absolute atomic E-state index is 0.0315. The van der Waals surface area contributed by atoms with Gasteiger partial charge in [-0.3, -0.25) is 0 Å². The summed E-state index contributed by atoms with van der Waals surface area (Å²) in [4.78, 5) is 0. The quantitative estimate of drug-likeness (QED) is 0.590. The maximum absolute atomic E-state index is 12.0. The molecular formula is C10H22N2O4S. The van der Waals surface area contributed by atoms with Gasteiger partial charge in [-0.05, 0) is 19.4 Å². The van der Waals surface area contributed by atoms with E-state index in [9.17, 15) is 8.42 Å². The van der Waals surface area contributed by atoms with Crippen LogP contribution in [0.3, 0.4) is 0 Å². The molecule has 0 aromatic rings. The van der Waals surface area contributed by atoms with E-state index in [1.54, 1.807) is 0 Å². The summed E-state index contributed by atoms with van der Waals surface area (Å²) in [6.07, 6.45) is 2.07. The molecule has 17 heavy (non-hydrogen) atoms. The van der Waals surface area contributed by atoms with Gasteiger partial charge in [-0.15, -0.1) is 0 Å². The zero-order valence-corrected chi connectivity index (χ0v) is 11.1. The zero-order valence-electron chi connectivity index (χ0n) is 10.3. The molecular weight excluding hydrogens is 244 g/mol. The first-order valence-electron chi connectivity index (χ1n) is 5.91. The van der Waals surface area contributed by atoms with E-state index in [0.717, 1.165) is 19.4 Å². The first-order valence-corrected chi connectivity index (χ1v) is 7.52. The van der Waals surface area contributed by atoms with Crippen LogP contribution in [0.25, 0.3) is 0 Å². The first kappa shape index (κ1) is 14.8. The molecule has 0 radical (unpaired) electrons. The molecule has 0 amide bonds. The van der Waals surface area contributed by atoms with Gasteiger partial charge in [-0.2, -0.15) is 4.31 Å². The van der Waals surface area contributed by atoms with E-state index in [1.165, 1.54) is 11.4 Å². The highest BCUT2D eigenvalue weighted by molar-refractivity contribution is 7.89. The molecule has 1 saturated heterocycles. The first-order chi connectivity index (χ1) is 8.10. The zero-order chi connectivity index (χ0) is 12.7. The fraction of sp³-hybridized carbons (Fsp3) is 1.00. The molecule has 1 fully saturated rings. The van der Waals surface area contributed by atoms with Crippen LogP contribution in [0.15, 0.2) is 0 Å². The predicted octanol–water partition coefficient (Wildman–Crippen LogP) is -0.991. The number of ether oxygens (including phenoxy) is 1. The normalized spacial score (nSPS) is 21.2. The van der Waals surface area contributed by atoms with Crippen LogP contribution in [0.1, 0.15) is 12.8 Å². The number of hydrogen-bond acceptors (Lipinski definition) is 5. The largest absolute Gasteiger partial charge is 0.395 e. The topological polar surface area (TPSA) is 78.9 Å². The van der Waals surface area contributed by atoms with Crippen LogP contribution in [0.5, 0.6) is 0 Å². The fourth-order valence-electron chi connectivity index (χ4n) is 1.93. The lowest BCUT2D eigenvalue weighted by Gasteiger charge is -2.24.